The number of hydrogen-bond acceptors (Lipinski definition) is 2. The number of carboxylic acid groups (broad SMARTS) is 1. The number of fused-ring (bicyclic) bond motifs is 1. The van der Waals surface area contributed by atoms with Gasteiger partial charge in [0.05, 0.1) is 11.4 Å². The Balaban J connectivity index is 2.05. The van der Waals surface area contributed by atoms with E-state index in [1.807, 2.05) is 36.4 Å². The van der Waals surface area contributed by atoms with Crippen LogP contribution < -0.4 is 0 Å². The molecule has 0 radical (unpaired) electrons. The molecule has 0 bridgehead atoms. The van der Waals surface area contributed by atoms with E-state index >= 15 is 0 Å². The molecule has 4 rings (SSSR count). The third-order valence-electron chi connectivity index (χ3n) is 5.33. The zero-order valence-corrected chi connectivity index (χ0v) is 16.6. The molecule has 0 saturated heterocycles. The van der Waals surface area contributed by atoms with Gasteiger partial charge in [0.25, 0.3) is 0 Å². The Hall–Kier alpha value is -2.72. The fraction of sp³-hybridized carbons (Fsp3) is 0.261. The SMILES string of the molecule is CC1(C)Cc2c(-c3ccccc3)c(-c3ccc(Cl)c(O)c3)c(CC(=O)O)n2C1. The van der Waals surface area contributed by atoms with E-state index < -0.39 is 5.97 Å². The number of aromatic hydroxyl groups is 1. The highest BCUT2D eigenvalue weighted by Gasteiger charge is 2.36. The van der Waals surface area contributed by atoms with Gasteiger partial charge in [-0.3, -0.25) is 4.79 Å². The minimum absolute atomic E-state index is 0.00820. The predicted octanol–water partition coefficient (Wildman–Crippen LogP) is 5.39. The fourth-order valence-electron chi connectivity index (χ4n) is 4.26. The van der Waals surface area contributed by atoms with E-state index in [1.54, 1.807) is 12.1 Å². The second-order valence-electron chi connectivity index (χ2n) is 8.17. The Labute approximate surface area is 169 Å². The minimum Gasteiger partial charge on any atom is -0.506 e. The zero-order valence-electron chi connectivity index (χ0n) is 15.9. The number of hydrogen-bond donors (Lipinski definition) is 2. The molecule has 0 atom stereocenters. The Morgan fingerprint density at radius 3 is 2.46 bits per heavy atom. The second kappa shape index (κ2) is 6.71. The van der Waals surface area contributed by atoms with Crippen molar-refractivity contribution in [2.45, 2.75) is 33.2 Å². The number of halogens is 1. The monoisotopic (exact) mass is 395 g/mol. The van der Waals surface area contributed by atoms with Gasteiger partial charge in [-0.25, -0.2) is 0 Å². The molecule has 1 aromatic heterocycles. The maximum absolute atomic E-state index is 11.7. The lowest BCUT2D eigenvalue weighted by atomic mass is 9.86. The first kappa shape index (κ1) is 18.6. The smallest absolute Gasteiger partial charge is 0.309 e. The zero-order chi connectivity index (χ0) is 20.1. The summed E-state index contributed by atoms with van der Waals surface area (Å²) in [5, 5.41) is 20.0. The van der Waals surface area contributed by atoms with E-state index in [2.05, 4.69) is 18.4 Å². The molecular weight excluding hydrogens is 374 g/mol. The van der Waals surface area contributed by atoms with Gasteiger partial charge in [-0.15, -0.1) is 0 Å². The van der Waals surface area contributed by atoms with Gasteiger partial charge in [-0.05, 0) is 35.1 Å². The van der Waals surface area contributed by atoms with Crippen molar-refractivity contribution in [3.63, 3.8) is 0 Å². The number of carbonyl (C=O) groups is 1. The number of carboxylic acids is 1. The van der Waals surface area contributed by atoms with Gasteiger partial charge in [-0.1, -0.05) is 61.8 Å². The van der Waals surface area contributed by atoms with Crippen LogP contribution >= 0.6 is 11.6 Å². The molecule has 4 nitrogen and oxygen atoms in total. The molecule has 3 aromatic rings. The Bertz CT molecular complexity index is 1070. The maximum atomic E-state index is 11.7. The van der Waals surface area contributed by atoms with Gasteiger partial charge < -0.3 is 14.8 Å². The van der Waals surface area contributed by atoms with E-state index in [1.165, 1.54) is 0 Å². The molecule has 0 spiro atoms. The van der Waals surface area contributed by atoms with Crippen LogP contribution in [0, 0.1) is 5.41 Å². The lowest BCUT2D eigenvalue weighted by Gasteiger charge is -2.19. The third-order valence-corrected chi connectivity index (χ3v) is 5.65. The molecule has 0 fully saturated rings. The first-order valence-electron chi connectivity index (χ1n) is 9.27. The molecule has 1 aliphatic rings. The molecule has 0 unspecified atom stereocenters. The molecule has 0 aliphatic carbocycles. The van der Waals surface area contributed by atoms with Crippen molar-refractivity contribution >= 4 is 17.6 Å². The maximum Gasteiger partial charge on any atom is 0.309 e. The van der Waals surface area contributed by atoms with Crippen LogP contribution in [-0.4, -0.2) is 20.7 Å². The molecule has 28 heavy (non-hydrogen) atoms. The van der Waals surface area contributed by atoms with E-state index in [0.717, 1.165) is 46.6 Å². The highest BCUT2D eigenvalue weighted by Crippen LogP contribution is 2.47. The van der Waals surface area contributed by atoms with Gasteiger partial charge in [0.1, 0.15) is 5.75 Å². The van der Waals surface area contributed by atoms with Crippen molar-refractivity contribution in [2.24, 2.45) is 5.41 Å². The Kier molecular flexibility index (Phi) is 4.47. The molecule has 2 aromatic carbocycles. The fourth-order valence-corrected chi connectivity index (χ4v) is 4.37. The summed E-state index contributed by atoms with van der Waals surface area (Å²) < 4.78 is 2.16. The summed E-state index contributed by atoms with van der Waals surface area (Å²) in [5.41, 5.74) is 5.72. The molecule has 0 amide bonds. The van der Waals surface area contributed by atoms with Crippen LogP contribution in [-0.2, 0) is 24.2 Å². The van der Waals surface area contributed by atoms with Gasteiger partial charge in [0, 0.05) is 29.1 Å². The van der Waals surface area contributed by atoms with Crippen LogP contribution in [0.5, 0.6) is 5.75 Å². The van der Waals surface area contributed by atoms with Crippen molar-refractivity contribution in [3.05, 3.63) is 64.9 Å². The number of rotatable bonds is 4. The lowest BCUT2D eigenvalue weighted by Crippen LogP contribution is -2.15. The average molecular weight is 396 g/mol. The topological polar surface area (TPSA) is 62.5 Å². The molecule has 2 N–H and O–H groups in total. The largest absolute Gasteiger partial charge is 0.506 e. The predicted molar refractivity (Wildman–Crippen MR) is 111 cm³/mol. The standard InChI is InChI=1S/C23H22ClNO3/c1-23(2)12-18-21(14-6-4-3-5-7-14)22(15-8-9-16(24)19(26)10-15)17(11-20(27)28)25(18)13-23/h3-10,26H,11-13H2,1-2H3,(H,27,28). The van der Waals surface area contributed by atoms with E-state index in [0.29, 0.717) is 0 Å². The first-order valence-corrected chi connectivity index (χ1v) is 9.65. The van der Waals surface area contributed by atoms with Crippen molar-refractivity contribution in [1.82, 2.24) is 4.57 Å². The minimum atomic E-state index is -0.871. The lowest BCUT2D eigenvalue weighted by molar-refractivity contribution is -0.136. The van der Waals surface area contributed by atoms with Gasteiger partial charge in [0.15, 0.2) is 0 Å². The molecule has 2 heterocycles. The quantitative estimate of drug-likeness (QED) is 0.622. The number of phenols is 1. The van der Waals surface area contributed by atoms with Crippen LogP contribution in [0.3, 0.4) is 0 Å². The van der Waals surface area contributed by atoms with E-state index in [9.17, 15) is 15.0 Å². The van der Waals surface area contributed by atoms with Crippen molar-refractivity contribution < 1.29 is 15.0 Å². The summed E-state index contributed by atoms with van der Waals surface area (Å²) >= 11 is 6.01. The highest BCUT2D eigenvalue weighted by molar-refractivity contribution is 6.32. The second-order valence-corrected chi connectivity index (χ2v) is 8.58. The summed E-state index contributed by atoms with van der Waals surface area (Å²) in [6.45, 7) is 5.17. The number of phenolic OH excluding ortho intramolecular Hbond substituents is 1. The van der Waals surface area contributed by atoms with Crippen LogP contribution in [0.2, 0.25) is 5.02 Å². The molecule has 144 valence electrons. The first-order chi connectivity index (χ1) is 13.3. The molecule has 1 aliphatic heterocycles. The summed E-state index contributed by atoms with van der Waals surface area (Å²) in [5.74, 6) is -0.879. The van der Waals surface area contributed by atoms with Crippen LogP contribution in [0.25, 0.3) is 22.3 Å². The van der Waals surface area contributed by atoms with Crippen LogP contribution in [0.1, 0.15) is 25.2 Å². The number of aromatic nitrogens is 1. The van der Waals surface area contributed by atoms with Crippen LogP contribution in [0.4, 0.5) is 0 Å². The van der Waals surface area contributed by atoms with Crippen molar-refractivity contribution in [2.75, 3.05) is 0 Å². The molecule has 0 saturated carbocycles. The summed E-state index contributed by atoms with van der Waals surface area (Å²) in [7, 11) is 0. The molecular formula is C23H22ClNO3. The number of nitrogens with zero attached hydrogens (tertiary/aromatic N) is 1. The van der Waals surface area contributed by atoms with Crippen LogP contribution in [0.15, 0.2) is 48.5 Å². The van der Waals surface area contributed by atoms with E-state index in [-0.39, 0.29) is 22.6 Å². The van der Waals surface area contributed by atoms with Gasteiger partial charge in [-0.2, -0.15) is 0 Å². The van der Waals surface area contributed by atoms with E-state index in [4.69, 9.17) is 11.6 Å². The van der Waals surface area contributed by atoms with Gasteiger partial charge >= 0.3 is 5.97 Å². The Morgan fingerprint density at radius 2 is 1.82 bits per heavy atom. The third kappa shape index (κ3) is 3.18. The highest BCUT2D eigenvalue weighted by atomic mass is 35.5. The van der Waals surface area contributed by atoms with Crippen molar-refractivity contribution in [1.29, 1.82) is 0 Å². The average Bonchev–Trinajstić information content (AvgIpc) is 3.09. The summed E-state index contributed by atoms with van der Waals surface area (Å²) in [6, 6.07) is 15.1. The summed E-state index contributed by atoms with van der Waals surface area (Å²) in [4.78, 5) is 11.7. The summed E-state index contributed by atoms with van der Waals surface area (Å²) in [6.07, 6.45) is 0.790. The molecule has 5 heteroatoms. The normalized spacial score (nSPS) is 14.8. The van der Waals surface area contributed by atoms with Gasteiger partial charge in [0.2, 0.25) is 0 Å². The number of benzene rings is 2. The number of aliphatic carboxylic acids is 1. The van der Waals surface area contributed by atoms with Crippen molar-refractivity contribution in [3.8, 4) is 28.0 Å². The Morgan fingerprint density at radius 1 is 1.11 bits per heavy atom.